The van der Waals surface area contributed by atoms with E-state index in [1.807, 2.05) is 45.0 Å². The molecule has 0 atom stereocenters. The van der Waals surface area contributed by atoms with Crippen molar-refractivity contribution in [3.05, 3.63) is 41.6 Å². The fourth-order valence-corrected chi connectivity index (χ4v) is 2.34. The molecule has 2 aromatic rings. The van der Waals surface area contributed by atoms with Gasteiger partial charge in [-0.15, -0.1) is 0 Å². The van der Waals surface area contributed by atoms with Crippen LogP contribution in [0.4, 0.5) is 11.5 Å². The summed E-state index contributed by atoms with van der Waals surface area (Å²) in [5, 5.41) is 0. The third-order valence-corrected chi connectivity index (χ3v) is 3.37. The Labute approximate surface area is 125 Å². The lowest BCUT2D eigenvalue weighted by atomic mass is 9.96. The van der Waals surface area contributed by atoms with Gasteiger partial charge in [0.2, 0.25) is 0 Å². The van der Waals surface area contributed by atoms with Crippen LogP contribution in [-0.4, -0.2) is 10.8 Å². The standard InChI is InChI=1S/C17H21N3O/c1-10(2)6-16(21)15-8-12(9-20-17(15)19)14-5-4-13(18)7-11(14)3/h4-5,7-10H,6,18H2,1-3H3,(H2,19,20). The number of nitrogen functional groups attached to an aromatic ring is 2. The lowest BCUT2D eigenvalue weighted by molar-refractivity contribution is 0.0968. The number of nitrogens with zero attached hydrogens (tertiary/aromatic N) is 1. The normalized spacial score (nSPS) is 10.9. The summed E-state index contributed by atoms with van der Waals surface area (Å²) in [6.07, 6.45) is 2.16. The second kappa shape index (κ2) is 5.95. The Hall–Kier alpha value is -2.36. The number of aromatic nitrogens is 1. The largest absolute Gasteiger partial charge is 0.399 e. The van der Waals surface area contributed by atoms with Gasteiger partial charge < -0.3 is 11.5 Å². The van der Waals surface area contributed by atoms with Crippen LogP contribution in [0.25, 0.3) is 11.1 Å². The van der Waals surface area contributed by atoms with E-state index in [2.05, 4.69) is 4.98 Å². The van der Waals surface area contributed by atoms with Gasteiger partial charge in [0.05, 0.1) is 5.56 Å². The van der Waals surface area contributed by atoms with Crippen molar-refractivity contribution in [3.8, 4) is 11.1 Å². The SMILES string of the molecule is Cc1cc(N)ccc1-c1cnc(N)c(C(=O)CC(C)C)c1. The highest BCUT2D eigenvalue weighted by molar-refractivity contribution is 6.01. The Bertz CT molecular complexity index is 678. The molecule has 4 nitrogen and oxygen atoms in total. The monoisotopic (exact) mass is 283 g/mol. The van der Waals surface area contributed by atoms with Gasteiger partial charge in [-0.3, -0.25) is 4.79 Å². The molecule has 0 unspecified atom stereocenters. The number of anilines is 2. The van der Waals surface area contributed by atoms with Crippen molar-refractivity contribution in [2.24, 2.45) is 5.92 Å². The third kappa shape index (κ3) is 3.40. The number of aryl methyl sites for hydroxylation is 1. The van der Waals surface area contributed by atoms with E-state index in [-0.39, 0.29) is 11.6 Å². The topological polar surface area (TPSA) is 82.0 Å². The number of benzene rings is 1. The molecule has 0 saturated carbocycles. The first-order valence-electron chi connectivity index (χ1n) is 7.03. The first-order valence-corrected chi connectivity index (χ1v) is 7.03. The number of nitrogens with two attached hydrogens (primary N) is 2. The van der Waals surface area contributed by atoms with Gasteiger partial charge in [0, 0.05) is 23.9 Å². The molecule has 4 heteroatoms. The number of Topliss-reactive ketones (excluding diaryl/α,β-unsaturated/α-hetero) is 1. The third-order valence-electron chi connectivity index (χ3n) is 3.37. The van der Waals surface area contributed by atoms with Crippen LogP contribution >= 0.6 is 0 Å². The first-order chi connectivity index (χ1) is 9.88. The molecule has 110 valence electrons. The van der Waals surface area contributed by atoms with Crippen molar-refractivity contribution >= 4 is 17.3 Å². The molecular formula is C17H21N3O. The van der Waals surface area contributed by atoms with E-state index in [9.17, 15) is 4.79 Å². The summed E-state index contributed by atoms with van der Waals surface area (Å²) in [5.41, 5.74) is 15.8. The Morgan fingerprint density at radius 3 is 2.57 bits per heavy atom. The summed E-state index contributed by atoms with van der Waals surface area (Å²) >= 11 is 0. The molecule has 0 aliphatic carbocycles. The highest BCUT2D eigenvalue weighted by atomic mass is 16.1. The van der Waals surface area contributed by atoms with Crippen LogP contribution in [0.15, 0.2) is 30.5 Å². The molecule has 0 fully saturated rings. The zero-order valence-electron chi connectivity index (χ0n) is 12.7. The van der Waals surface area contributed by atoms with E-state index < -0.39 is 0 Å². The number of rotatable bonds is 4. The molecule has 1 aromatic heterocycles. The highest BCUT2D eigenvalue weighted by Gasteiger charge is 2.14. The summed E-state index contributed by atoms with van der Waals surface area (Å²) in [5.74, 6) is 0.612. The fraction of sp³-hybridized carbons (Fsp3) is 0.294. The molecule has 0 aliphatic rings. The molecule has 0 saturated heterocycles. The molecule has 21 heavy (non-hydrogen) atoms. The molecule has 0 spiro atoms. The molecule has 0 bridgehead atoms. The van der Waals surface area contributed by atoms with Gasteiger partial charge in [0.25, 0.3) is 0 Å². The van der Waals surface area contributed by atoms with Crippen LogP contribution in [0, 0.1) is 12.8 Å². The zero-order valence-corrected chi connectivity index (χ0v) is 12.7. The van der Waals surface area contributed by atoms with Gasteiger partial charge in [-0.05, 0) is 42.2 Å². The minimum absolute atomic E-state index is 0.0324. The van der Waals surface area contributed by atoms with Crippen molar-refractivity contribution in [2.45, 2.75) is 27.2 Å². The molecule has 0 amide bonds. The maximum absolute atomic E-state index is 12.3. The van der Waals surface area contributed by atoms with Gasteiger partial charge in [-0.1, -0.05) is 19.9 Å². The number of hydrogen-bond acceptors (Lipinski definition) is 4. The average Bonchev–Trinajstić information content (AvgIpc) is 2.39. The number of hydrogen-bond donors (Lipinski definition) is 2. The summed E-state index contributed by atoms with van der Waals surface area (Å²) < 4.78 is 0. The predicted molar refractivity (Wildman–Crippen MR) is 87.0 cm³/mol. The second-order valence-electron chi connectivity index (χ2n) is 5.75. The quantitative estimate of drug-likeness (QED) is 0.665. The molecule has 1 heterocycles. The minimum Gasteiger partial charge on any atom is -0.399 e. The Balaban J connectivity index is 2.45. The van der Waals surface area contributed by atoms with E-state index in [4.69, 9.17) is 11.5 Å². The van der Waals surface area contributed by atoms with Crippen molar-refractivity contribution in [1.82, 2.24) is 4.98 Å². The maximum Gasteiger partial charge on any atom is 0.166 e. The van der Waals surface area contributed by atoms with Crippen LogP contribution in [0.2, 0.25) is 0 Å². The zero-order chi connectivity index (χ0) is 15.6. The molecule has 0 aliphatic heterocycles. The van der Waals surface area contributed by atoms with E-state index in [0.29, 0.717) is 17.9 Å². The number of carbonyl (C=O) groups excluding carboxylic acids is 1. The Morgan fingerprint density at radius 2 is 1.95 bits per heavy atom. The Kier molecular flexibility index (Phi) is 4.26. The number of carbonyl (C=O) groups is 1. The van der Waals surface area contributed by atoms with E-state index in [1.165, 1.54) is 0 Å². The molecular weight excluding hydrogens is 262 g/mol. The van der Waals surface area contributed by atoms with Crippen LogP contribution in [0.5, 0.6) is 0 Å². The van der Waals surface area contributed by atoms with Crippen molar-refractivity contribution < 1.29 is 4.79 Å². The average molecular weight is 283 g/mol. The first kappa shape index (κ1) is 15.0. The van der Waals surface area contributed by atoms with Crippen LogP contribution in [-0.2, 0) is 0 Å². The van der Waals surface area contributed by atoms with Crippen LogP contribution in [0.3, 0.4) is 0 Å². The predicted octanol–water partition coefficient (Wildman–Crippen LogP) is 3.45. The number of ketones is 1. The number of pyridine rings is 1. The van der Waals surface area contributed by atoms with Gasteiger partial charge >= 0.3 is 0 Å². The summed E-state index contributed by atoms with van der Waals surface area (Å²) in [6.45, 7) is 6.00. The van der Waals surface area contributed by atoms with Gasteiger partial charge in [-0.2, -0.15) is 0 Å². The van der Waals surface area contributed by atoms with Gasteiger partial charge in [-0.25, -0.2) is 4.98 Å². The minimum atomic E-state index is 0.0324. The van der Waals surface area contributed by atoms with Gasteiger partial charge in [0.1, 0.15) is 5.82 Å². The van der Waals surface area contributed by atoms with Crippen LogP contribution in [0.1, 0.15) is 36.2 Å². The maximum atomic E-state index is 12.3. The summed E-state index contributed by atoms with van der Waals surface area (Å²) in [4.78, 5) is 16.4. The lowest BCUT2D eigenvalue weighted by Crippen LogP contribution is -2.08. The summed E-state index contributed by atoms with van der Waals surface area (Å²) in [7, 11) is 0. The molecule has 0 radical (unpaired) electrons. The van der Waals surface area contributed by atoms with E-state index >= 15 is 0 Å². The highest BCUT2D eigenvalue weighted by Crippen LogP contribution is 2.27. The van der Waals surface area contributed by atoms with Crippen molar-refractivity contribution in [3.63, 3.8) is 0 Å². The molecule has 2 rings (SSSR count). The van der Waals surface area contributed by atoms with Crippen molar-refractivity contribution in [1.29, 1.82) is 0 Å². The van der Waals surface area contributed by atoms with Crippen molar-refractivity contribution in [2.75, 3.05) is 11.5 Å². The molecule has 4 N–H and O–H groups in total. The van der Waals surface area contributed by atoms with E-state index in [0.717, 1.165) is 22.4 Å². The van der Waals surface area contributed by atoms with Gasteiger partial charge in [0.15, 0.2) is 5.78 Å². The van der Waals surface area contributed by atoms with Crippen LogP contribution < -0.4 is 11.5 Å². The lowest BCUT2D eigenvalue weighted by Gasteiger charge is -2.11. The Morgan fingerprint density at radius 1 is 1.24 bits per heavy atom. The summed E-state index contributed by atoms with van der Waals surface area (Å²) in [6, 6.07) is 7.51. The fourth-order valence-electron chi connectivity index (χ4n) is 2.34. The van der Waals surface area contributed by atoms with E-state index in [1.54, 1.807) is 6.20 Å². The smallest absolute Gasteiger partial charge is 0.166 e. The molecule has 1 aromatic carbocycles. The second-order valence-corrected chi connectivity index (χ2v) is 5.75.